The summed E-state index contributed by atoms with van der Waals surface area (Å²) in [5.74, 6) is 1.97. The summed E-state index contributed by atoms with van der Waals surface area (Å²) < 4.78 is 34.5. The van der Waals surface area contributed by atoms with E-state index in [0.717, 1.165) is 67.2 Å². The molecule has 0 bridgehead atoms. The van der Waals surface area contributed by atoms with Gasteiger partial charge >= 0.3 is 5.97 Å². The van der Waals surface area contributed by atoms with E-state index in [9.17, 15) is 9.90 Å². The summed E-state index contributed by atoms with van der Waals surface area (Å²) in [5.41, 5.74) is 2.97. The van der Waals surface area contributed by atoms with E-state index in [2.05, 4.69) is 38.0 Å². The number of aliphatic hydroxyl groups is 1. The predicted molar refractivity (Wildman–Crippen MR) is 198 cm³/mol. The highest BCUT2D eigenvalue weighted by atomic mass is 16.6. The fraction of sp³-hybridized carbons (Fsp3) is 0.622. The van der Waals surface area contributed by atoms with Gasteiger partial charge in [0.05, 0.1) is 66.2 Å². The fourth-order valence-corrected chi connectivity index (χ4v) is 5.74. The molecule has 288 valence electrons. The van der Waals surface area contributed by atoms with Crippen molar-refractivity contribution in [1.29, 1.82) is 0 Å². The van der Waals surface area contributed by atoms with Crippen LogP contribution in [0.4, 0.5) is 11.6 Å². The molecule has 1 saturated heterocycles. The first kappa shape index (κ1) is 40.9. The van der Waals surface area contributed by atoms with Crippen LogP contribution in [0.25, 0.3) is 5.65 Å². The summed E-state index contributed by atoms with van der Waals surface area (Å²) in [6, 6.07) is 6.21. The lowest BCUT2D eigenvalue weighted by Gasteiger charge is -2.36. The number of fused-ring (bicyclic) bond motifs is 1. The maximum atomic E-state index is 11.1. The van der Waals surface area contributed by atoms with Crippen molar-refractivity contribution < 1.29 is 38.3 Å². The van der Waals surface area contributed by atoms with Gasteiger partial charge in [-0.05, 0) is 44.7 Å². The average Bonchev–Trinajstić information content (AvgIpc) is 3.59. The molecule has 1 unspecified atom stereocenters. The summed E-state index contributed by atoms with van der Waals surface area (Å²) in [5, 5.41) is 17.8. The Labute approximate surface area is 307 Å². The molecule has 1 fully saturated rings. The second-order valence-electron chi connectivity index (χ2n) is 12.5. The molecule has 4 heterocycles. The minimum absolute atomic E-state index is 0.175. The highest BCUT2D eigenvalue weighted by Gasteiger charge is 2.25. The molecule has 15 nitrogen and oxygen atoms in total. The lowest BCUT2D eigenvalue weighted by molar-refractivity contribution is -0.134. The Morgan fingerprint density at radius 3 is 2.42 bits per heavy atom. The van der Waals surface area contributed by atoms with Crippen LogP contribution in [0.15, 0.2) is 42.7 Å². The van der Waals surface area contributed by atoms with Gasteiger partial charge in [0.15, 0.2) is 5.65 Å². The Kier molecular flexibility index (Phi) is 18.6. The molecule has 2 N–H and O–H groups in total. The number of nitrogens with one attached hydrogen (secondary N) is 1. The van der Waals surface area contributed by atoms with Gasteiger partial charge in [0.1, 0.15) is 18.2 Å². The third kappa shape index (κ3) is 13.9. The SMILES string of the molecule is CCc1cnn2c(NCc3ccc(OCCOCCOCCOCCOCCN(C)C/C=C/C(=O)OC)nc3)cc(N3CCCCC3CCO)nc12. The number of aliphatic hydroxyl groups excluding tert-OH is 1. The zero-order valence-electron chi connectivity index (χ0n) is 31.0. The number of carbonyl (C=O) groups excluding carboxylic acids is 1. The number of rotatable bonds is 26. The van der Waals surface area contributed by atoms with Crippen LogP contribution in [0.1, 0.15) is 43.7 Å². The van der Waals surface area contributed by atoms with Crippen molar-refractivity contribution in [2.75, 3.05) is 110 Å². The highest BCUT2D eigenvalue weighted by molar-refractivity contribution is 5.81. The Bertz CT molecular complexity index is 1470. The second kappa shape index (κ2) is 23.7. The zero-order valence-corrected chi connectivity index (χ0v) is 31.0. The van der Waals surface area contributed by atoms with E-state index >= 15 is 0 Å². The van der Waals surface area contributed by atoms with E-state index < -0.39 is 0 Å². The van der Waals surface area contributed by atoms with E-state index in [0.29, 0.717) is 78.4 Å². The Balaban J connectivity index is 1.05. The van der Waals surface area contributed by atoms with Crippen molar-refractivity contribution in [3.05, 3.63) is 53.9 Å². The third-order valence-corrected chi connectivity index (χ3v) is 8.65. The molecule has 0 spiro atoms. The molecular weight excluding hydrogens is 670 g/mol. The lowest BCUT2D eigenvalue weighted by atomic mass is 9.99. The topological polar surface area (TPSA) is 154 Å². The van der Waals surface area contributed by atoms with Crippen molar-refractivity contribution in [3.8, 4) is 5.88 Å². The van der Waals surface area contributed by atoms with Crippen LogP contribution in [0.3, 0.4) is 0 Å². The van der Waals surface area contributed by atoms with Crippen LogP contribution in [-0.2, 0) is 41.4 Å². The normalized spacial score (nSPS) is 14.9. The Morgan fingerprint density at radius 2 is 1.75 bits per heavy atom. The van der Waals surface area contributed by atoms with Gasteiger partial charge in [-0.1, -0.05) is 19.1 Å². The van der Waals surface area contributed by atoms with Gasteiger partial charge in [-0.15, -0.1) is 0 Å². The number of nitrogens with zero attached hydrogens (tertiary/aromatic N) is 6. The summed E-state index contributed by atoms with van der Waals surface area (Å²) in [6.07, 6.45) is 11.8. The minimum atomic E-state index is -0.355. The van der Waals surface area contributed by atoms with Crippen LogP contribution < -0.4 is 15.0 Å². The van der Waals surface area contributed by atoms with E-state index in [1.54, 1.807) is 12.3 Å². The van der Waals surface area contributed by atoms with Gasteiger partial charge in [0.2, 0.25) is 5.88 Å². The first-order valence-electron chi connectivity index (χ1n) is 18.3. The molecular formula is C37H57N7O8. The number of ether oxygens (including phenoxy) is 6. The molecule has 0 radical (unpaired) electrons. The smallest absolute Gasteiger partial charge is 0.330 e. The van der Waals surface area contributed by atoms with Crippen molar-refractivity contribution in [2.45, 2.75) is 51.6 Å². The first-order chi connectivity index (χ1) is 25.5. The molecule has 0 aromatic carbocycles. The molecule has 3 aromatic rings. The number of aromatic nitrogens is 4. The van der Waals surface area contributed by atoms with Crippen molar-refractivity contribution >= 4 is 23.3 Å². The standard InChI is InChI=1S/C37H57N7O8/c1-4-31-29-40-44-33(26-34(41-37(31)44)43-14-6-5-8-32(43)12-16-45)38-27-30-10-11-35(39-28-30)52-25-24-51-23-22-50-21-20-49-19-18-48-17-15-42(2)13-7-9-36(46)47-3/h7,9-11,26,28-29,32,38,45H,4-6,8,12-25,27H2,1-3H3/b9-7+. The number of anilines is 2. The number of esters is 1. The molecule has 1 aliphatic rings. The van der Waals surface area contributed by atoms with Crippen molar-refractivity contribution in [2.24, 2.45) is 0 Å². The molecule has 1 atom stereocenters. The third-order valence-electron chi connectivity index (χ3n) is 8.65. The molecule has 1 aliphatic heterocycles. The summed E-state index contributed by atoms with van der Waals surface area (Å²) in [7, 11) is 3.31. The van der Waals surface area contributed by atoms with Crippen LogP contribution in [-0.4, -0.2) is 141 Å². The number of hydrogen-bond donors (Lipinski definition) is 2. The van der Waals surface area contributed by atoms with Gasteiger partial charge in [-0.3, -0.25) is 0 Å². The van der Waals surface area contributed by atoms with E-state index in [4.69, 9.17) is 28.7 Å². The van der Waals surface area contributed by atoms with Crippen molar-refractivity contribution in [3.63, 3.8) is 0 Å². The molecule has 3 aromatic heterocycles. The average molecular weight is 728 g/mol. The van der Waals surface area contributed by atoms with Gasteiger partial charge in [-0.25, -0.2) is 14.8 Å². The number of methoxy groups -OCH3 is 1. The maximum Gasteiger partial charge on any atom is 0.330 e. The van der Waals surface area contributed by atoms with Gasteiger partial charge in [-0.2, -0.15) is 9.61 Å². The maximum absolute atomic E-state index is 11.1. The van der Waals surface area contributed by atoms with Crippen molar-refractivity contribution in [1.82, 2.24) is 24.5 Å². The number of aryl methyl sites for hydroxylation is 1. The number of likely N-dealkylation sites (N-methyl/N-ethyl adjacent to an activating group) is 1. The number of piperidine rings is 1. The quantitative estimate of drug-likeness (QED) is 0.0707. The fourth-order valence-electron chi connectivity index (χ4n) is 5.74. The minimum Gasteiger partial charge on any atom is -0.475 e. The van der Waals surface area contributed by atoms with E-state index in [-0.39, 0.29) is 18.6 Å². The van der Waals surface area contributed by atoms with E-state index in [1.807, 2.05) is 34.8 Å². The number of hydrogen-bond acceptors (Lipinski definition) is 14. The Morgan fingerprint density at radius 1 is 1.02 bits per heavy atom. The first-order valence-corrected chi connectivity index (χ1v) is 18.3. The van der Waals surface area contributed by atoms with Crippen LogP contribution >= 0.6 is 0 Å². The van der Waals surface area contributed by atoms with Gasteiger partial charge in [0.25, 0.3) is 0 Å². The summed E-state index contributed by atoms with van der Waals surface area (Å²) in [4.78, 5) is 24.9. The van der Waals surface area contributed by atoms with Crippen LogP contribution in [0, 0.1) is 0 Å². The largest absolute Gasteiger partial charge is 0.475 e. The molecule has 4 rings (SSSR count). The summed E-state index contributed by atoms with van der Waals surface area (Å²) >= 11 is 0. The Hall–Kier alpha value is -3.86. The number of pyridine rings is 1. The molecule has 52 heavy (non-hydrogen) atoms. The number of carbonyl (C=O) groups is 1. The highest BCUT2D eigenvalue weighted by Crippen LogP contribution is 2.29. The monoisotopic (exact) mass is 727 g/mol. The second-order valence-corrected chi connectivity index (χ2v) is 12.5. The zero-order chi connectivity index (χ0) is 36.8. The summed E-state index contributed by atoms with van der Waals surface area (Å²) in [6.45, 7) is 9.50. The molecule has 0 aliphatic carbocycles. The molecule has 0 saturated carbocycles. The molecule has 0 amide bonds. The predicted octanol–water partition coefficient (Wildman–Crippen LogP) is 3.15. The van der Waals surface area contributed by atoms with Crippen LogP contribution in [0.5, 0.6) is 5.88 Å². The molecule has 15 heteroatoms. The van der Waals surface area contributed by atoms with E-state index in [1.165, 1.54) is 19.6 Å². The lowest BCUT2D eigenvalue weighted by Crippen LogP contribution is -2.40. The van der Waals surface area contributed by atoms with Gasteiger partial charge in [0, 0.05) is 68.8 Å². The van der Waals surface area contributed by atoms with Gasteiger partial charge < -0.3 is 48.6 Å². The van der Waals surface area contributed by atoms with Crippen LogP contribution in [0.2, 0.25) is 0 Å².